The van der Waals surface area contributed by atoms with Crippen LogP contribution >= 0.6 is 12.4 Å². The van der Waals surface area contributed by atoms with Crippen molar-refractivity contribution in [3.8, 4) is 0 Å². The Hall–Kier alpha value is -1.11. The summed E-state index contributed by atoms with van der Waals surface area (Å²) in [6, 6.07) is 8.66. The van der Waals surface area contributed by atoms with Gasteiger partial charge in [0.25, 0.3) is 0 Å². The van der Waals surface area contributed by atoms with E-state index >= 15 is 0 Å². The van der Waals surface area contributed by atoms with E-state index in [-0.39, 0.29) is 48.3 Å². The highest BCUT2D eigenvalue weighted by Crippen LogP contribution is 2.15. The second-order valence-corrected chi connectivity index (χ2v) is 7.67. The Bertz CT molecular complexity index is 563. The van der Waals surface area contributed by atoms with Crippen molar-refractivity contribution in [1.82, 2.24) is 4.90 Å². The van der Waals surface area contributed by atoms with Crippen LogP contribution < -0.4 is 5.73 Å². The van der Waals surface area contributed by atoms with Crippen molar-refractivity contribution in [1.29, 1.82) is 0 Å². The smallest absolute Gasteiger partial charge is 0.224 e. The maximum atomic E-state index is 12.2. The van der Waals surface area contributed by atoms with Gasteiger partial charge in [0, 0.05) is 31.3 Å². The minimum atomic E-state index is -3.10. The molecule has 0 aliphatic carbocycles. The highest BCUT2D eigenvalue weighted by Gasteiger charge is 2.22. The molecule has 0 heterocycles. The number of carbonyl (C=O) groups is 1. The summed E-state index contributed by atoms with van der Waals surface area (Å²) in [5, 5.41) is 0. The molecule has 0 fully saturated rings. The molecule has 0 aliphatic rings. The van der Waals surface area contributed by atoms with Crippen LogP contribution in [0.25, 0.3) is 0 Å². The zero-order valence-corrected chi connectivity index (χ0v) is 14.9. The largest absolute Gasteiger partial charge is 0.342 e. The highest BCUT2D eigenvalue weighted by molar-refractivity contribution is 7.91. The van der Waals surface area contributed by atoms with E-state index in [4.69, 9.17) is 5.73 Å². The van der Waals surface area contributed by atoms with Crippen LogP contribution in [-0.4, -0.2) is 43.8 Å². The minimum Gasteiger partial charge on any atom is -0.342 e. The molecule has 0 radical (unpaired) electrons. The van der Waals surface area contributed by atoms with Crippen LogP contribution in [0.15, 0.2) is 30.3 Å². The van der Waals surface area contributed by atoms with E-state index in [1.54, 1.807) is 20.9 Å². The van der Waals surface area contributed by atoms with Gasteiger partial charge in [-0.25, -0.2) is 8.42 Å². The molecule has 2 unspecified atom stereocenters. The van der Waals surface area contributed by atoms with Crippen LogP contribution in [-0.2, 0) is 14.6 Å². The lowest BCUT2D eigenvalue weighted by Gasteiger charge is -2.26. The Morgan fingerprint density at radius 1 is 1.27 bits per heavy atom. The molecule has 7 heteroatoms. The summed E-state index contributed by atoms with van der Waals surface area (Å²) in [6.07, 6.45) is 0.164. The zero-order valence-electron chi connectivity index (χ0n) is 13.2. The fourth-order valence-corrected chi connectivity index (χ4v) is 3.19. The molecule has 0 aromatic heterocycles. The van der Waals surface area contributed by atoms with Crippen LogP contribution in [0, 0.1) is 0 Å². The molecule has 2 atom stereocenters. The van der Waals surface area contributed by atoms with E-state index in [9.17, 15) is 13.2 Å². The highest BCUT2D eigenvalue weighted by atomic mass is 35.5. The van der Waals surface area contributed by atoms with E-state index in [2.05, 4.69) is 0 Å². The van der Waals surface area contributed by atoms with E-state index < -0.39 is 9.84 Å². The third-order valence-electron chi connectivity index (χ3n) is 3.61. The molecule has 0 saturated carbocycles. The summed E-state index contributed by atoms with van der Waals surface area (Å²) < 4.78 is 23.2. The standard InChI is InChI=1S/C15H24N2O3S.ClH/c1-4-21(19,20)11-12(2)17(3)15(18)10-14(16)13-8-6-5-7-9-13;/h5-9,12,14H,4,10-11,16H2,1-3H3;1H. The number of hydrogen-bond donors (Lipinski definition) is 1. The fraction of sp³-hybridized carbons (Fsp3) is 0.533. The molecule has 0 aliphatic heterocycles. The average Bonchev–Trinajstić information content (AvgIpc) is 2.46. The number of nitrogens with two attached hydrogens (primary N) is 1. The van der Waals surface area contributed by atoms with Crippen LogP contribution in [0.1, 0.15) is 31.9 Å². The molecule has 1 amide bonds. The Morgan fingerprint density at radius 3 is 2.32 bits per heavy atom. The topological polar surface area (TPSA) is 80.5 Å². The number of sulfone groups is 1. The third-order valence-corrected chi connectivity index (χ3v) is 5.48. The van der Waals surface area contributed by atoms with Gasteiger partial charge in [-0.3, -0.25) is 4.79 Å². The first-order valence-electron chi connectivity index (χ1n) is 7.03. The van der Waals surface area contributed by atoms with Crippen molar-refractivity contribution in [3.05, 3.63) is 35.9 Å². The monoisotopic (exact) mass is 348 g/mol. The molecule has 0 saturated heterocycles. The zero-order chi connectivity index (χ0) is 16.0. The Balaban J connectivity index is 0.00000441. The summed E-state index contributed by atoms with van der Waals surface area (Å²) in [5.74, 6) is -0.0833. The second-order valence-electron chi connectivity index (χ2n) is 5.27. The first-order valence-corrected chi connectivity index (χ1v) is 8.85. The van der Waals surface area contributed by atoms with Gasteiger partial charge >= 0.3 is 0 Å². The number of halogens is 1. The van der Waals surface area contributed by atoms with E-state index in [1.165, 1.54) is 4.90 Å². The number of carbonyl (C=O) groups excluding carboxylic acids is 1. The van der Waals surface area contributed by atoms with Crippen molar-refractivity contribution in [3.63, 3.8) is 0 Å². The lowest BCUT2D eigenvalue weighted by Crippen LogP contribution is -2.40. The van der Waals surface area contributed by atoms with Gasteiger partial charge in [-0.05, 0) is 12.5 Å². The van der Waals surface area contributed by atoms with Crippen LogP contribution in [0.5, 0.6) is 0 Å². The molecule has 0 spiro atoms. The van der Waals surface area contributed by atoms with Crippen molar-refractivity contribution in [2.24, 2.45) is 5.73 Å². The third kappa shape index (κ3) is 6.34. The van der Waals surface area contributed by atoms with E-state index in [0.717, 1.165) is 5.56 Å². The molecule has 2 N–H and O–H groups in total. The van der Waals surface area contributed by atoms with E-state index in [1.807, 2.05) is 30.3 Å². The molecule has 22 heavy (non-hydrogen) atoms. The number of benzene rings is 1. The minimum absolute atomic E-state index is 0. The lowest BCUT2D eigenvalue weighted by molar-refractivity contribution is -0.131. The van der Waals surface area contributed by atoms with Gasteiger partial charge in [-0.15, -0.1) is 12.4 Å². The van der Waals surface area contributed by atoms with Gasteiger partial charge in [0.2, 0.25) is 5.91 Å². The first-order chi connectivity index (χ1) is 9.76. The van der Waals surface area contributed by atoms with E-state index in [0.29, 0.717) is 0 Å². The Kier molecular flexibility index (Phi) is 8.66. The molecular weight excluding hydrogens is 324 g/mol. The summed E-state index contributed by atoms with van der Waals surface area (Å²) in [6.45, 7) is 3.34. The molecule has 5 nitrogen and oxygen atoms in total. The van der Waals surface area contributed by atoms with Crippen LogP contribution in [0.2, 0.25) is 0 Å². The number of hydrogen-bond acceptors (Lipinski definition) is 4. The second kappa shape index (κ2) is 9.12. The fourth-order valence-electron chi connectivity index (χ4n) is 1.99. The van der Waals surface area contributed by atoms with Crippen molar-refractivity contribution in [2.45, 2.75) is 32.4 Å². The molecular formula is C15H25ClN2O3S. The van der Waals surface area contributed by atoms with Gasteiger partial charge in [-0.1, -0.05) is 37.3 Å². The van der Waals surface area contributed by atoms with Crippen molar-refractivity contribution >= 4 is 28.2 Å². The molecule has 1 rings (SSSR count). The Labute approximate surface area is 139 Å². The van der Waals surface area contributed by atoms with Crippen LogP contribution in [0.4, 0.5) is 0 Å². The molecule has 0 bridgehead atoms. The summed E-state index contributed by atoms with van der Waals surface area (Å²) in [7, 11) is -1.48. The predicted molar refractivity (Wildman–Crippen MR) is 91.8 cm³/mol. The summed E-state index contributed by atoms with van der Waals surface area (Å²) in [5.41, 5.74) is 6.92. The Morgan fingerprint density at radius 2 is 1.82 bits per heavy atom. The first kappa shape index (κ1) is 20.9. The molecule has 1 aromatic carbocycles. The number of amides is 1. The molecule has 1 aromatic rings. The van der Waals surface area contributed by atoms with Gasteiger partial charge in [-0.2, -0.15) is 0 Å². The lowest BCUT2D eigenvalue weighted by atomic mass is 10.0. The van der Waals surface area contributed by atoms with Gasteiger partial charge in [0.15, 0.2) is 9.84 Å². The summed E-state index contributed by atoms with van der Waals surface area (Å²) >= 11 is 0. The SMILES string of the molecule is CCS(=O)(=O)CC(C)N(C)C(=O)CC(N)c1ccccc1.Cl. The number of nitrogens with zero attached hydrogens (tertiary/aromatic N) is 1. The number of rotatable bonds is 7. The van der Waals surface area contributed by atoms with Crippen LogP contribution in [0.3, 0.4) is 0 Å². The summed E-state index contributed by atoms with van der Waals surface area (Å²) in [4.78, 5) is 13.7. The maximum Gasteiger partial charge on any atom is 0.224 e. The predicted octanol–water partition coefficient (Wildman–Crippen LogP) is 1.78. The van der Waals surface area contributed by atoms with Gasteiger partial charge in [0.05, 0.1) is 5.75 Å². The molecule has 126 valence electrons. The average molecular weight is 349 g/mol. The maximum absolute atomic E-state index is 12.2. The van der Waals surface area contributed by atoms with Crippen molar-refractivity contribution in [2.75, 3.05) is 18.6 Å². The van der Waals surface area contributed by atoms with Gasteiger partial charge in [0.1, 0.15) is 0 Å². The van der Waals surface area contributed by atoms with Gasteiger partial charge < -0.3 is 10.6 Å². The quantitative estimate of drug-likeness (QED) is 0.814. The van der Waals surface area contributed by atoms with Crippen molar-refractivity contribution < 1.29 is 13.2 Å². The normalized spacial score (nSPS) is 13.8.